The van der Waals surface area contributed by atoms with E-state index in [0.29, 0.717) is 10.7 Å². The number of hydrogen-bond donors (Lipinski definition) is 1. The van der Waals surface area contributed by atoms with Gasteiger partial charge in [0.25, 0.3) is 5.91 Å². The van der Waals surface area contributed by atoms with E-state index < -0.39 is 11.7 Å². The smallest absolute Gasteiger partial charge is 0.258 e. The molecule has 0 fully saturated rings. The first-order chi connectivity index (χ1) is 8.99. The molecule has 0 saturated carbocycles. The molecule has 98 valence electrons. The van der Waals surface area contributed by atoms with Crippen molar-refractivity contribution < 1.29 is 9.18 Å². The number of amides is 1. The highest BCUT2D eigenvalue weighted by Gasteiger charge is 2.13. The summed E-state index contributed by atoms with van der Waals surface area (Å²) in [4.78, 5) is 12.0. The van der Waals surface area contributed by atoms with Gasteiger partial charge in [0, 0.05) is 0 Å². The number of anilines is 1. The molecule has 1 N–H and O–H groups in total. The van der Waals surface area contributed by atoms with Gasteiger partial charge in [0.1, 0.15) is 5.82 Å². The van der Waals surface area contributed by atoms with Crippen molar-refractivity contribution in [3.8, 4) is 0 Å². The predicted molar refractivity (Wildman–Crippen MR) is 75.3 cm³/mol. The van der Waals surface area contributed by atoms with E-state index in [4.69, 9.17) is 11.6 Å². The van der Waals surface area contributed by atoms with E-state index in [-0.39, 0.29) is 5.56 Å². The molecule has 0 radical (unpaired) electrons. The van der Waals surface area contributed by atoms with Gasteiger partial charge in [0.05, 0.1) is 16.3 Å². The fourth-order valence-electron chi connectivity index (χ4n) is 1.75. The van der Waals surface area contributed by atoms with Crippen molar-refractivity contribution in [3.63, 3.8) is 0 Å². The normalized spacial score (nSPS) is 10.3. The Kier molecular flexibility index (Phi) is 3.86. The van der Waals surface area contributed by atoms with Crippen LogP contribution in [0.2, 0.25) is 5.02 Å². The largest absolute Gasteiger partial charge is 0.321 e. The molecule has 1 amide bonds. The van der Waals surface area contributed by atoms with Gasteiger partial charge in [-0.25, -0.2) is 4.39 Å². The summed E-state index contributed by atoms with van der Waals surface area (Å²) in [5.41, 5.74) is 2.16. The molecule has 0 aliphatic carbocycles. The van der Waals surface area contributed by atoms with Crippen molar-refractivity contribution in [1.82, 2.24) is 0 Å². The molecule has 0 aromatic heterocycles. The Morgan fingerprint density at radius 3 is 2.68 bits per heavy atom. The third-order valence-electron chi connectivity index (χ3n) is 2.81. The standard InChI is InChI=1S/C15H13ClFNO/c1-9-6-7-12(17)11(8-9)15(19)18-13-5-3-4-10(2)14(13)16/h3-8H,1-2H3,(H,18,19). The molecule has 0 aliphatic heterocycles. The maximum Gasteiger partial charge on any atom is 0.258 e. The summed E-state index contributed by atoms with van der Waals surface area (Å²) in [6, 6.07) is 9.71. The van der Waals surface area contributed by atoms with Crippen LogP contribution in [0.15, 0.2) is 36.4 Å². The van der Waals surface area contributed by atoms with E-state index in [1.54, 1.807) is 25.1 Å². The summed E-state index contributed by atoms with van der Waals surface area (Å²) in [7, 11) is 0. The van der Waals surface area contributed by atoms with Crippen molar-refractivity contribution in [3.05, 3.63) is 63.9 Å². The third-order valence-corrected chi connectivity index (χ3v) is 3.31. The quantitative estimate of drug-likeness (QED) is 0.869. The second kappa shape index (κ2) is 5.41. The van der Waals surface area contributed by atoms with Crippen LogP contribution in [0.25, 0.3) is 0 Å². The van der Waals surface area contributed by atoms with Gasteiger partial charge < -0.3 is 5.32 Å². The molecule has 0 aliphatic rings. The van der Waals surface area contributed by atoms with Crippen LogP contribution >= 0.6 is 11.6 Å². The zero-order valence-corrected chi connectivity index (χ0v) is 11.4. The second-order valence-corrected chi connectivity index (χ2v) is 4.75. The van der Waals surface area contributed by atoms with E-state index in [1.165, 1.54) is 12.1 Å². The topological polar surface area (TPSA) is 29.1 Å². The average molecular weight is 278 g/mol. The van der Waals surface area contributed by atoms with Crippen molar-refractivity contribution in [2.45, 2.75) is 13.8 Å². The van der Waals surface area contributed by atoms with Gasteiger partial charge in [0.2, 0.25) is 0 Å². The number of benzene rings is 2. The van der Waals surface area contributed by atoms with Crippen LogP contribution in [0.1, 0.15) is 21.5 Å². The summed E-state index contributed by atoms with van der Waals surface area (Å²) in [5, 5.41) is 3.09. The molecular weight excluding hydrogens is 265 g/mol. The summed E-state index contributed by atoms with van der Waals surface area (Å²) in [6.07, 6.45) is 0. The highest BCUT2D eigenvalue weighted by molar-refractivity contribution is 6.34. The van der Waals surface area contributed by atoms with Gasteiger partial charge >= 0.3 is 0 Å². The SMILES string of the molecule is Cc1ccc(F)c(C(=O)Nc2cccc(C)c2Cl)c1. The van der Waals surface area contributed by atoms with Gasteiger partial charge in [-0.3, -0.25) is 4.79 Å². The molecule has 0 atom stereocenters. The van der Waals surface area contributed by atoms with E-state index in [2.05, 4.69) is 5.32 Å². The monoisotopic (exact) mass is 277 g/mol. The van der Waals surface area contributed by atoms with Crippen LogP contribution < -0.4 is 5.32 Å². The highest BCUT2D eigenvalue weighted by atomic mass is 35.5. The molecule has 2 aromatic rings. The lowest BCUT2D eigenvalue weighted by Crippen LogP contribution is -2.14. The zero-order valence-electron chi connectivity index (χ0n) is 10.6. The molecular formula is C15H13ClFNO. The number of carbonyl (C=O) groups is 1. The number of rotatable bonds is 2. The average Bonchev–Trinajstić information content (AvgIpc) is 2.38. The maximum atomic E-state index is 13.6. The fraction of sp³-hybridized carbons (Fsp3) is 0.133. The molecule has 2 aromatic carbocycles. The fourth-order valence-corrected chi connectivity index (χ4v) is 1.92. The Balaban J connectivity index is 2.31. The first-order valence-corrected chi connectivity index (χ1v) is 6.19. The first kappa shape index (κ1) is 13.6. The Morgan fingerprint density at radius 1 is 1.21 bits per heavy atom. The van der Waals surface area contributed by atoms with Crippen molar-refractivity contribution in [1.29, 1.82) is 0 Å². The summed E-state index contributed by atoms with van der Waals surface area (Å²) < 4.78 is 13.6. The molecule has 4 heteroatoms. The Morgan fingerprint density at radius 2 is 1.95 bits per heavy atom. The molecule has 0 spiro atoms. The molecule has 19 heavy (non-hydrogen) atoms. The maximum absolute atomic E-state index is 13.6. The predicted octanol–water partition coefficient (Wildman–Crippen LogP) is 4.35. The highest BCUT2D eigenvalue weighted by Crippen LogP contribution is 2.25. The molecule has 0 heterocycles. The number of halogens is 2. The van der Waals surface area contributed by atoms with Crippen LogP contribution in [-0.2, 0) is 0 Å². The molecule has 0 unspecified atom stereocenters. The minimum absolute atomic E-state index is 0.0116. The van der Waals surface area contributed by atoms with Gasteiger partial charge in [-0.15, -0.1) is 0 Å². The van der Waals surface area contributed by atoms with E-state index in [1.807, 2.05) is 13.0 Å². The summed E-state index contributed by atoms with van der Waals surface area (Å²) >= 11 is 6.09. The van der Waals surface area contributed by atoms with E-state index >= 15 is 0 Å². The molecule has 0 saturated heterocycles. The van der Waals surface area contributed by atoms with Crippen LogP contribution in [-0.4, -0.2) is 5.91 Å². The minimum atomic E-state index is -0.549. The number of nitrogens with one attached hydrogen (secondary N) is 1. The Labute approximate surface area is 116 Å². The van der Waals surface area contributed by atoms with Gasteiger partial charge in [0.15, 0.2) is 0 Å². The lowest BCUT2D eigenvalue weighted by Gasteiger charge is -2.09. The molecule has 0 bridgehead atoms. The lowest BCUT2D eigenvalue weighted by molar-refractivity contribution is 0.102. The second-order valence-electron chi connectivity index (χ2n) is 4.37. The molecule has 2 rings (SSSR count). The van der Waals surface area contributed by atoms with E-state index in [9.17, 15) is 9.18 Å². The Hall–Kier alpha value is -1.87. The van der Waals surface area contributed by atoms with E-state index in [0.717, 1.165) is 11.1 Å². The number of carbonyl (C=O) groups excluding carboxylic acids is 1. The number of hydrogen-bond acceptors (Lipinski definition) is 1. The number of aryl methyl sites for hydroxylation is 2. The third kappa shape index (κ3) is 2.93. The summed E-state index contributed by atoms with van der Waals surface area (Å²) in [5.74, 6) is -1.06. The van der Waals surface area contributed by atoms with Gasteiger partial charge in [-0.05, 0) is 37.6 Å². The van der Waals surface area contributed by atoms with Crippen LogP contribution in [0, 0.1) is 19.7 Å². The lowest BCUT2D eigenvalue weighted by atomic mass is 10.1. The van der Waals surface area contributed by atoms with Crippen molar-refractivity contribution in [2.75, 3.05) is 5.32 Å². The zero-order chi connectivity index (χ0) is 14.0. The van der Waals surface area contributed by atoms with Gasteiger partial charge in [-0.1, -0.05) is 35.4 Å². The molecule has 2 nitrogen and oxygen atoms in total. The summed E-state index contributed by atoms with van der Waals surface area (Å²) in [6.45, 7) is 3.64. The Bertz CT molecular complexity index is 640. The van der Waals surface area contributed by atoms with Crippen molar-refractivity contribution in [2.24, 2.45) is 0 Å². The van der Waals surface area contributed by atoms with Crippen LogP contribution in [0.4, 0.5) is 10.1 Å². The van der Waals surface area contributed by atoms with Crippen LogP contribution in [0.5, 0.6) is 0 Å². The van der Waals surface area contributed by atoms with Crippen LogP contribution in [0.3, 0.4) is 0 Å². The first-order valence-electron chi connectivity index (χ1n) is 5.81. The minimum Gasteiger partial charge on any atom is -0.321 e. The van der Waals surface area contributed by atoms with Crippen molar-refractivity contribution >= 4 is 23.2 Å². The van der Waals surface area contributed by atoms with Gasteiger partial charge in [-0.2, -0.15) is 0 Å².